The van der Waals surface area contributed by atoms with Gasteiger partial charge in [0.05, 0.1) is 24.3 Å². The van der Waals surface area contributed by atoms with Crippen LogP contribution in [0.5, 0.6) is 5.75 Å². The zero-order chi connectivity index (χ0) is 15.1. The summed E-state index contributed by atoms with van der Waals surface area (Å²) in [5.41, 5.74) is 0.522. The fraction of sp³-hybridized carbons (Fsp3) is 0.500. The van der Waals surface area contributed by atoms with Crippen molar-refractivity contribution in [3.8, 4) is 11.8 Å². The number of benzene rings is 1. The number of ether oxygens (including phenoxy) is 3. The van der Waals surface area contributed by atoms with Crippen molar-refractivity contribution < 1.29 is 19.0 Å². The SMILES string of the molecule is CC(OCC1CCCCO1)C(=O)Oc1ccc(C#N)cc1. The maximum atomic E-state index is 11.9. The van der Waals surface area contributed by atoms with Crippen LogP contribution in [0.4, 0.5) is 0 Å². The molecule has 5 nitrogen and oxygen atoms in total. The van der Waals surface area contributed by atoms with Gasteiger partial charge in [-0.25, -0.2) is 4.79 Å². The molecule has 21 heavy (non-hydrogen) atoms. The van der Waals surface area contributed by atoms with E-state index in [4.69, 9.17) is 19.5 Å². The van der Waals surface area contributed by atoms with Gasteiger partial charge in [0.2, 0.25) is 0 Å². The fourth-order valence-electron chi connectivity index (χ4n) is 2.06. The van der Waals surface area contributed by atoms with Crippen LogP contribution < -0.4 is 4.74 Å². The molecule has 1 aromatic rings. The number of nitriles is 1. The molecule has 1 fully saturated rings. The number of esters is 1. The third-order valence-electron chi connectivity index (χ3n) is 3.34. The lowest BCUT2D eigenvalue weighted by atomic mass is 10.1. The average Bonchev–Trinajstić information content (AvgIpc) is 2.54. The number of hydrogen-bond donors (Lipinski definition) is 0. The number of carbonyl (C=O) groups is 1. The second kappa shape index (κ2) is 7.77. The molecule has 5 heteroatoms. The summed E-state index contributed by atoms with van der Waals surface area (Å²) in [5.74, 6) is -0.0427. The predicted molar refractivity (Wildman–Crippen MR) is 75.8 cm³/mol. The minimum absolute atomic E-state index is 0.0731. The second-order valence-corrected chi connectivity index (χ2v) is 5.02. The lowest BCUT2D eigenvalue weighted by Gasteiger charge is -2.23. The third kappa shape index (κ3) is 4.85. The van der Waals surface area contributed by atoms with Crippen molar-refractivity contribution in [3.63, 3.8) is 0 Å². The zero-order valence-electron chi connectivity index (χ0n) is 12.1. The Labute approximate surface area is 124 Å². The first kappa shape index (κ1) is 15.5. The first-order chi connectivity index (χ1) is 10.2. The van der Waals surface area contributed by atoms with Crippen molar-refractivity contribution in [3.05, 3.63) is 29.8 Å². The molecule has 2 rings (SSSR count). The summed E-state index contributed by atoms with van der Waals surface area (Å²) in [6.07, 6.45) is 2.62. The lowest BCUT2D eigenvalue weighted by Crippen LogP contribution is -2.31. The molecule has 1 aromatic carbocycles. The Balaban J connectivity index is 1.77. The molecular formula is C16H19NO4. The van der Waals surface area contributed by atoms with E-state index in [1.807, 2.05) is 6.07 Å². The Kier molecular flexibility index (Phi) is 5.73. The third-order valence-corrected chi connectivity index (χ3v) is 3.34. The molecule has 2 atom stereocenters. The molecule has 0 bridgehead atoms. The highest BCUT2D eigenvalue weighted by Gasteiger charge is 2.20. The van der Waals surface area contributed by atoms with Crippen molar-refractivity contribution >= 4 is 5.97 Å². The van der Waals surface area contributed by atoms with Crippen molar-refractivity contribution in [1.82, 2.24) is 0 Å². The highest BCUT2D eigenvalue weighted by molar-refractivity contribution is 5.76. The normalized spacial score (nSPS) is 19.5. The molecule has 0 aliphatic carbocycles. The summed E-state index contributed by atoms with van der Waals surface area (Å²) >= 11 is 0. The number of carbonyl (C=O) groups excluding carboxylic acids is 1. The van der Waals surface area contributed by atoms with Crippen molar-refractivity contribution in [2.24, 2.45) is 0 Å². The smallest absolute Gasteiger partial charge is 0.340 e. The van der Waals surface area contributed by atoms with Crippen molar-refractivity contribution in [2.45, 2.75) is 38.4 Å². The van der Waals surface area contributed by atoms with Gasteiger partial charge >= 0.3 is 5.97 Å². The van der Waals surface area contributed by atoms with E-state index in [1.54, 1.807) is 31.2 Å². The van der Waals surface area contributed by atoms with Gasteiger partial charge in [0.1, 0.15) is 5.75 Å². The van der Waals surface area contributed by atoms with Crippen LogP contribution in [0.2, 0.25) is 0 Å². The highest BCUT2D eigenvalue weighted by atomic mass is 16.6. The number of nitrogens with zero attached hydrogens (tertiary/aromatic N) is 1. The summed E-state index contributed by atoms with van der Waals surface area (Å²) in [4.78, 5) is 11.9. The molecule has 0 radical (unpaired) electrons. The molecule has 0 saturated carbocycles. The van der Waals surface area contributed by atoms with E-state index in [-0.39, 0.29) is 6.10 Å². The van der Waals surface area contributed by atoms with E-state index in [0.29, 0.717) is 17.9 Å². The van der Waals surface area contributed by atoms with Gasteiger partial charge in [0, 0.05) is 6.61 Å². The molecule has 0 spiro atoms. The minimum Gasteiger partial charge on any atom is -0.425 e. The zero-order valence-corrected chi connectivity index (χ0v) is 12.1. The largest absolute Gasteiger partial charge is 0.425 e. The fourth-order valence-corrected chi connectivity index (χ4v) is 2.06. The maximum absolute atomic E-state index is 11.9. The van der Waals surface area contributed by atoms with Gasteiger partial charge in [-0.1, -0.05) is 0 Å². The Hall–Kier alpha value is -1.90. The highest BCUT2D eigenvalue weighted by Crippen LogP contribution is 2.15. The standard InChI is InChI=1S/C16H19NO4/c1-12(20-11-15-4-2-3-9-19-15)16(18)21-14-7-5-13(10-17)6-8-14/h5-8,12,15H,2-4,9,11H2,1H3. The Morgan fingerprint density at radius 3 is 2.81 bits per heavy atom. The minimum atomic E-state index is -0.647. The lowest BCUT2D eigenvalue weighted by molar-refractivity contribution is -0.149. The first-order valence-corrected chi connectivity index (χ1v) is 7.14. The quantitative estimate of drug-likeness (QED) is 0.615. The number of rotatable bonds is 5. The van der Waals surface area contributed by atoms with Crippen molar-refractivity contribution in [1.29, 1.82) is 5.26 Å². The van der Waals surface area contributed by atoms with Gasteiger partial charge in [0.25, 0.3) is 0 Å². The molecule has 0 amide bonds. The van der Waals surface area contributed by atoms with Gasteiger partial charge in [-0.3, -0.25) is 0 Å². The summed E-state index contributed by atoms with van der Waals surface area (Å²) in [7, 11) is 0. The van der Waals surface area contributed by atoms with Crippen LogP contribution in [-0.4, -0.2) is 31.4 Å². The van der Waals surface area contributed by atoms with Crippen LogP contribution in [0.25, 0.3) is 0 Å². The van der Waals surface area contributed by atoms with Crippen LogP contribution in [0, 0.1) is 11.3 Å². The van der Waals surface area contributed by atoms with Crippen LogP contribution in [0.3, 0.4) is 0 Å². The predicted octanol–water partition coefficient (Wildman–Crippen LogP) is 2.44. The van der Waals surface area contributed by atoms with E-state index >= 15 is 0 Å². The molecule has 1 aliphatic rings. The molecule has 1 heterocycles. The van der Waals surface area contributed by atoms with E-state index < -0.39 is 12.1 Å². The van der Waals surface area contributed by atoms with E-state index in [1.165, 1.54) is 0 Å². The van der Waals surface area contributed by atoms with E-state index in [0.717, 1.165) is 25.9 Å². The van der Waals surface area contributed by atoms with Crippen molar-refractivity contribution in [2.75, 3.05) is 13.2 Å². The molecule has 1 saturated heterocycles. The van der Waals surface area contributed by atoms with E-state index in [2.05, 4.69) is 0 Å². The Bertz CT molecular complexity index is 500. The Morgan fingerprint density at radius 2 is 2.19 bits per heavy atom. The molecule has 2 unspecified atom stereocenters. The van der Waals surface area contributed by atoms with Crippen LogP contribution >= 0.6 is 0 Å². The summed E-state index contributed by atoms with van der Waals surface area (Å²) in [5, 5.41) is 8.70. The van der Waals surface area contributed by atoms with Gasteiger partial charge in [-0.05, 0) is 50.5 Å². The average molecular weight is 289 g/mol. The summed E-state index contributed by atoms with van der Waals surface area (Å²) in [6, 6.07) is 8.39. The van der Waals surface area contributed by atoms with Crippen LogP contribution in [0.1, 0.15) is 31.7 Å². The van der Waals surface area contributed by atoms with Gasteiger partial charge in [-0.15, -0.1) is 0 Å². The maximum Gasteiger partial charge on any atom is 0.340 e. The van der Waals surface area contributed by atoms with Gasteiger partial charge in [0.15, 0.2) is 6.10 Å². The van der Waals surface area contributed by atoms with Crippen LogP contribution in [-0.2, 0) is 14.3 Å². The summed E-state index contributed by atoms with van der Waals surface area (Å²) < 4.78 is 16.3. The van der Waals surface area contributed by atoms with Gasteiger partial charge in [-0.2, -0.15) is 5.26 Å². The summed E-state index contributed by atoms with van der Waals surface area (Å²) in [6.45, 7) is 2.83. The monoisotopic (exact) mass is 289 g/mol. The molecule has 0 N–H and O–H groups in total. The molecule has 112 valence electrons. The molecule has 0 aromatic heterocycles. The number of hydrogen-bond acceptors (Lipinski definition) is 5. The second-order valence-electron chi connectivity index (χ2n) is 5.02. The first-order valence-electron chi connectivity index (χ1n) is 7.14. The molecular weight excluding hydrogens is 270 g/mol. The van der Waals surface area contributed by atoms with Crippen LogP contribution in [0.15, 0.2) is 24.3 Å². The Morgan fingerprint density at radius 1 is 1.43 bits per heavy atom. The van der Waals surface area contributed by atoms with Gasteiger partial charge < -0.3 is 14.2 Å². The van der Waals surface area contributed by atoms with E-state index in [9.17, 15) is 4.79 Å². The topological polar surface area (TPSA) is 68.6 Å². The molecule has 1 aliphatic heterocycles.